The normalized spacial score (nSPS) is 21.2. The van der Waals surface area contributed by atoms with E-state index in [1.807, 2.05) is 0 Å². The summed E-state index contributed by atoms with van der Waals surface area (Å²) in [4.78, 5) is 184. The highest BCUT2D eigenvalue weighted by Crippen LogP contribution is 2.54. The molecule has 6 aromatic rings. The highest BCUT2D eigenvalue weighted by molar-refractivity contribution is 6.35. The lowest BCUT2D eigenvalue weighted by atomic mass is 9.71. The second-order valence-electron chi connectivity index (χ2n) is 26.6. The van der Waals surface area contributed by atoms with Crippen LogP contribution in [0.4, 0.5) is 22.7 Å². The van der Waals surface area contributed by atoms with Crippen molar-refractivity contribution in [1.82, 2.24) is 9.97 Å². The summed E-state index contributed by atoms with van der Waals surface area (Å²) in [5.74, 6) is -17.7. The summed E-state index contributed by atoms with van der Waals surface area (Å²) in [6, 6.07) is 21.2. The van der Waals surface area contributed by atoms with Gasteiger partial charge in [-0.05, 0) is 167 Å². The number of nitro benzene ring substituents is 4. The number of aromatic amines is 2. The molecule has 5 aliphatic carbocycles. The Labute approximate surface area is 611 Å². The maximum absolute atomic E-state index is 14.6. The zero-order valence-corrected chi connectivity index (χ0v) is 59.0. The van der Waals surface area contributed by atoms with Crippen LogP contribution >= 0.6 is 0 Å². The fourth-order valence-electron chi connectivity index (χ4n) is 16.4. The van der Waals surface area contributed by atoms with E-state index in [9.17, 15) is 78.8 Å². The number of carbonyl (C=O) groups is 8. The molecule has 0 spiro atoms. The van der Waals surface area contributed by atoms with Gasteiger partial charge in [-0.2, -0.15) is 0 Å². The Morgan fingerprint density at radius 1 is 0.306 bits per heavy atom. The second-order valence-corrected chi connectivity index (χ2v) is 26.6. The smallest absolute Gasteiger partial charge is 0.309 e. The summed E-state index contributed by atoms with van der Waals surface area (Å²) in [5, 5.41) is 51.0. The molecule has 0 saturated carbocycles. The number of rotatable bonds is 16. The molecule has 8 bridgehead atoms. The zero-order valence-electron chi connectivity index (χ0n) is 59.0. The quantitative estimate of drug-likeness (QED) is 0.0418. The number of hydrogen-bond donors (Lipinski definition) is 2. The molecule has 2 N–H and O–H groups in total. The zero-order chi connectivity index (χ0) is 77.2. The van der Waals surface area contributed by atoms with Gasteiger partial charge in [-0.3, -0.25) is 78.8 Å². The molecule has 108 heavy (non-hydrogen) atoms. The molecule has 8 atom stereocenters. The van der Waals surface area contributed by atoms with Crippen LogP contribution in [-0.4, -0.2) is 146 Å². The minimum absolute atomic E-state index is 0.00705. The van der Waals surface area contributed by atoms with Crippen molar-refractivity contribution in [1.29, 1.82) is 0 Å². The minimum atomic E-state index is -1.35. The molecule has 4 aromatic carbocycles. The van der Waals surface area contributed by atoms with E-state index in [1.165, 1.54) is 97.1 Å². The van der Waals surface area contributed by atoms with Gasteiger partial charge >= 0.3 is 47.8 Å². The van der Waals surface area contributed by atoms with Crippen molar-refractivity contribution in [3.05, 3.63) is 238 Å². The molecule has 32 nitrogen and oxygen atoms in total. The predicted molar refractivity (Wildman–Crippen MR) is 377 cm³/mol. The third-order valence-electron chi connectivity index (χ3n) is 21.5. The number of benzene rings is 4. The number of ether oxygens (including phenoxy) is 8. The summed E-state index contributed by atoms with van der Waals surface area (Å²) in [6.45, 7) is 0. The first-order valence-electron chi connectivity index (χ1n) is 33.8. The second kappa shape index (κ2) is 29.1. The first-order chi connectivity index (χ1) is 51.8. The summed E-state index contributed by atoms with van der Waals surface area (Å²) in [5.41, 5.74) is 1.85. The summed E-state index contributed by atoms with van der Waals surface area (Å²) >= 11 is 0. The summed E-state index contributed by atoms with van der Waals surface area (Å²) in [7, 11) is 9.03. The number of esters is 8. The van der Waals surface area contributed by atoms with Gasteiger partial charge in [0.15, 0.2) is 0 Å². The molecule has 0 saturated heterocycles. The van der Waals surface area contributed by atoms with Crippen LogP contribution < -0.4 is 10.7 Å². The fourth-order valence-corrected chi connectivity index (χ4v) is 16.4. The van der Waals surface area contributed by atoms with Crippen molar-refractivity contribution in [2.24, 2.45) is 57.3 Å². The first-order valence-corrected chi connectivity index (χ1v) is 33.8. The SMILES string of the molecule is COC(=O)C1CC2=C(CC1C(=O)OC)C1=C(c3ccc([N+](=O)[O-])cc3)c3[nH]c(c4c3CC(C(=O)OC)C(C(=O)OC)C4)C(c3ccc([N+](=O)[O-])cc3)=C3N=C(C4=C3CC(C(=O)OC)C(C(=O)OC)C4)C(c3ccc([N+](=O)[O-])cc3)=c3[nH]c(c4c3CC(C(=O)OC)C(C(=O)OC)C4)=C(c3ccc([N+](=O)[O-])cc3)C2=N1. The van der Waals surface area contributed by atoms with Gasteiger partial charge in [0.1, 0.15) is 0 Å². The number of nitrogens with one attached hydrogen (secondary N) is 2. The number of carbonyl (C=O) groups excluding carboxylic acids is 8. The van der Waals surface area contributed by atoms with E-state index in [0.717, 1.165) is 56.9 Å². The summed E-state index contributed by atoms with van der Waals surface area (Å²) in [6.07, 6.45) is -2.98. The van der Waals surface area contributed by atoms with E-state index in [4.69, 9.17) is 47.9 Å². The van der Waals surface area contributed by atoms with Crippen LogP contribution in [0.3, 0.4) is 0 Å². The lowest BCUT2D eigenvalue weighted by Crippen LogP contribution is -2.40. The van der Waals surface area contributed by atoms with Crippen molar-refractivity contribution in [2.75, 3.05) is 56.9 Å². The van der Waals surface area contributed by atoms with Crippen LogP contribution in [0.5, 0.6) is 0 Å². The van der Waals surface area contributed by atoms with E-state index in [-0.39, 0.29) is 208 Å². The molecule has 0 fully saturated rings. The average molecular weight is 1480 g/mol. The van der Waals surface area contributed by atoms with E-state index < -0.39 is 115 Å². The molecule has 7 aliphatic rings. The Morgan fingerprint density at radius 3 is 0.750 bits per heavy atom. The number of methoxy groups -OCH3 is 8. The number of allylic oxidation sites excluding steroid dienone is 4. The van der Waals surface area contributed by atoms with Gasteiger partial charge < -0.3 is 47.9 Å². The maximum Gasteiger partial charge on any atom is 0.309 e. The van der Waals surface area contributed by atoms with Gasteiger partial charge in [0, 0.05) is 70.8 Å². The molecule has 2 aromatic heterocycles. The third-order valence-corrected chi connectivity index (χ3v) is 21.5. The lowest BCUT2D eigenvalue weighted by molar-refractivity contribution is -0.385. The number of aromatic nitrogens is 2. The Hall–Kier alpha value is -13.2. The van der Waals surface area contributed by atoms with Gasteiger partial charge in [-0.15, -0.1) is 0 Å². The van der Waals surface area contributed by atoms with Gasteiger partial charge in [0.2, 0.25) is 0 Å². The molecule has 8 unspecified atom stereocenters. The Bertz CT molecular complexity index is 4980. The van der Waals surface area contributed by atoms with Crippen molar-refractivity contribution >= 4 is 104 Å². The molecular weight excluding hydrogens is 1410 g/mol. The van der Waals surface area contributed by atoms with Crippen LogP contribution in [0.25, 0.3) is 22.3 Å². The van der Waals surface area contributed by atoms with E-state index in [2.05, 4.69) is 9.97 Å². The third kappa shape index (κ3) is 12.4. The Morgan fingerprint density at radius 2 is 0.519 bits per heavy atom. The molecule has 0 radical (unpaired) electrons. The monoisotopic (exact) mass is 1470 g/mol. The fraction of sp³-hybridized carbons (Fsp3) is 0.316. The number of hydrogen-bond acceptors (Lipinski definition) is 26. The first kappa shape index (κ1) is 73.2. The highest BCUT2D eigenvalue weighted by atomic mass is 16.6. The average Bonchev–Trinajstić information content (AvgIpc) is 1.55. The molecule has 32 heteroatoms. The van der Waals surface area contributed by atoms with Crippen molar-refractivity contribution in [3.63, 3.8) is 0 Å². The van der Waals surface area contributed by atoms with Crippen molar-refractivity contribution < 1.29 is 95.9 Å². The molecule has 4 heterocycles. The van der Waals surface area contributed by atoms with Gasteiger partial charge in [-0.1, -0.05) is 0 Å². The number of H-pyrrole nitrogens is 2. The minimum Gasteiger partial charge on any atom is -0.469 e. The van der Waals surface area contributed by atoms with Crippen molar-refractivity contribution in [2.45, 2.75) is 51.4 Å². The Kier molecular flexibility index (Phi) is 19.7. The van der Waals surface area contributed by atoms with E-state index in [0.29, 0.717) is 0 Å². The lowest BCUT2D eigenvalue weighted by Gasteiger charge is -2.31. The molecule has 13 rings (SSSR count). The van der Waals surface area contributed by atoms with Gasteiger partial charge in [0.05, 0.1) is 169 Å². The molecule has 554 valence electrons. The van der Waals surface area contributed by atoms with Crippen molar-refractivity contribution in [3.8, 4) is 0 Å². The van der Waals surface area contributed by atoms with Crippen LogP contribution in [0.1, 0.15) is 81.6 Å². The van der Waals surface area contributed by atoms with E-state index >= 15 is 0 Å². The topological polar surface area (TPSA) is 439 Å². The van der Waals surface area contributed by atoms with Crippen LogP contribution in [0.2, 0.25) is 0 Å². The molecular formula is C76H66N8O24. The summed E-state index contributed by atoms with van der Waals surface area (Å²) < 4.78 is 43.6. The van der Waals surface area contributed by atoms with Crippen LogP contribution in [0, 0.1) is 87.8 Å². The standard InChI is InChI=1S/C76H66N8O24/c1-101-69(85)49-25-41-42(26-50(49)70(86)102-2)62-58(34-11-19-38(20-12-34)82(95)96)64-45-29-53(73(89)105-5)54(74(90)106-6)30-46(45)66(79-64)60(36-15-23-40(24-16-36)84(99)100)68-48-32-56(76(92)108-8)55(75(91)107-7)31-47(48)67(80-68)59(35-13-21-39(22-14-35)83(97)98)65-44-28-52(72(88)104-4)51(71(87)103-3)27-43(44)63(78-65)57(61(41)77-62)33-9-17-37(18-10-33)81(93)94/h9-24,49-56,77,80H,25-32H2,1-8H3. The molecule has 0 amide bonds. The highest BCUT2D eigenvalue weighted by Gasteiger charge is 2.51. The number of nitrogens with zero attached hydrogens (tertiary/aromatic N) is 6. The van der Waals surface area contributed by atoms with Gasteiger partial charge in [0.25, 0.3) is 22.7 Å². The number of aliphatic imine (C=N–C) groups is 2. The Balaban J connectivity index is 1.36. The molecule has 2 aliphatic heterocycles. The maximum atomic E-state index is 14.6. The largest absolute Gasteiger partial charge is 0.469 e. The number of non-ortho nitro benzene ring substituents is 4. The van der Waals surface area contributed by atoms with Crippen LogP contribution in [-0.2, 0) is 102 Å². The predicted octanol–water partition coefficient (Wildman–Crippen LogP) is 7.21. The van der Waals surface area contributed by atoms with Crippen LogP contribution in [0.15, 0.2) is 141 Å². The van der Waals surface area contributed by atoms with Gasteiger partial charge in [-0.25, -0.2) is 9.98 Å². The van der Waals surface area contributed by atoms with E-state index in [1.54, 1.807) is 0 Å². The number of nitro groups is 4.